The van der Waals surface area contributed by atoms with E-state index in [1.165, 1.54) is 0 Å². The number of nitrogens with zero attached hydrogens (tertiary/aromatic N) is 1. The fraction of sp³-hybridized carbons (Fsp3) is 0.857. The zero-order chi connectivity index (χ0) is 14.8. The third kappa shape index (κ3) is 3.62. The van der Waals surface area contributed by atoms with Gasteiger partial charge in [0.25, 0.3) is 0 Å². The van der Waals surface area contributed by atoms with Gasteiger partial charge in [-0.25, -0.2) is 4.79 Å². The topological polar surface area (TPSA) is 78.9 Å². The van der Waals surface area contributed by atoms with Crippen LogP contribution in [0.5, 0.6) is 0 Å². The highest BCUT2D eigenvalue weighted by atomic mass is 16.5. The van der Waals surface area contributed by atoms with Crippen LogP contribution in [-0.2, 0) is 9.53 Å². The minimum atomic E-state index is -0.894. The van der Waals surface area contributed by atoms with Gasteiger partial charge in [-0.15, -0.1) is 0 Å². The second-order valence-corrected chi connectivity index (χ2v) is 6.42. The van der Waals surface area contributed by atoms with Crippen molar-refractivity contribution in [2.24, 2.45) is 5.41 Å². The molecule has 1 aliphatic carbocycles. The third-order valence-electron chi connectivity index (χ3n) is 4.38. The molecule has 0 aromatic carbocycles. The van der Waals surface area contributed by atoms with E-state index in [-0.39, 0.29) is 23.9 Å². The first-order chi connectivity index (χ1) is 9.38. The Morgan fingerprint density at radius 1 is 1.45 bits per heavy atom. The lowest BCUT2D eigenvalue weighted by Gasteiger charge is -2.35. The number of hydrogen-bond acceptors (Lipinski definition) is 3. The Hall–Kier alpha value is -1.30. The van der Waals surface area contributed by atoms with E-state index in [2.05, 4.69) is 19.2 Å². The minimum Gasteiger partial charge on any atom is -0.481 e. The van der Waals surface area contributed by atoms with Crippen LogP contribution >= 0.6 is 0 Å². The molecule has 2 aliphatic rings. The van der Waals surface area contributed by atoms with Crippen LogP contribution in [0.1, 0.15) is 39.5 Å². The van der Waals surface area contributed by atoms with Crippen LogP contribution in [0.2, 0.25) is 0 Å². The summed E-state index contributed by atoms with van der Waals surface area (Å²) in [5.74, 6) is -0.894. The molecule has 2 N–H and O–H groups in total. The summed E-state index contributed by atoms with van der Waals surface area (Å²) in [7, 11) is 0. The zero-order valence-corrected chi connectivity index (χ0v) is 12.2. The average molecular weight is 284 g/mol. The molecule has 20 heavy (non-hydrogen) atoms. The molecule has 1 saturated heterocycles. The van der Waals surface area contributed by atoms with Crippen LogP contribution in [0.3, 0.4) is 0 Å². The molecule has 6 heteroatoms. The normalized spacial score (nSPS) is 29.2. The van der Waals surface area contributed by atoms with Gasteiger partial charge < -0.3 is 20.1 Å². The molecule has 2 atom stereocenters. The van der Waals surface area contributed by atoms with Crippen molar-refractivity contribution in [3.05, 3.63) is 0 Å². The van der Waals surface area contributed by atoms with E-state index in [1.54, 1.807) is 4.90 Å². The number of carboxylic acids is 1. The molecule has 2 fully saturated rings. The third-order valence-corrected chi connectivity index (χ3v) is 4.38. The van der Waals surface area contributed by atoms with E-state index < -0.39 is 12.1 Å². The zero-order valence-electron chi connectivity index (χ0n) is 12.2. The van der Waals surface area contributed by atoms with Crippen LogP contribution in [0.4, 0.5) is 4.79 Å². The Morgan fingerprint density at radius 2 is 2.20 bits per heavy atom. The molecule has 0 spiro atoms. The van der Waals surface area contributed by atoms with Gasteiger partial charge in [-0.2, -0.15) is 0 Å². The van der Waals surface area contributed by atoms with Crippen molar-refractivity contribution in [2.75, 3.05) is 19.7 Å². The van der Waals surface area contributed by atoms with Gasteiger partial charge in [-0.1, -0.05) is 20.3 Å². The molecule has 1 saturated carbocycles. The van der Waals surface area contributed by atoms with Gasteiger partial charge in [0.15, 0.2) is 0 Å². The molecule has 1 aliphatic heterocycles. The Kier molecular flexibility index (Phi) is 4.52. The molecule has 114 valence electrons. The Bertz CT molecular complexity index is 383. The summed E-state index contributed by atoms with van der Waals surface area (Å²) in [6.45, 7) is 5.63. The monoisotopic (exact) mass is 284 g/mol. The van der Waals surface area contributed by atoms with Crippen molar-refractivity contribution in [1.29, 1.82) is 0 Å². The lowest BCUT2D eigenvalue weighted by Crippen LogP contribution is -2.53. The van der Waals surface area contributed by atoms with Crippen LogP contribution in [-0.4, -0.2) is 53.8 Å². The van der Waals surface area contributed by atoms with Crippen molar-refractivity contribution in [2.45, 2.75) is 51.7 Å². The molecule has 2 rings (SSSR count). The largest absolute Gasteiger partial charge is 0.481 e. The fourth-order valence-corrected chi connectivity index (χ4v) is 3.06. The number of carbonyl (C=O) groups is 2. The lowest BCUT2D eigenvalue weighted by atomic mass is 9.87. The number of ether oxygens (including phenoxy) is 1. The molecule has 0 aromatic rings. The number of nitrogens with one attached hydrogen (secondary N) is 1. The summed E-state index contributed by atoms with van der Waals surface area (Å²) < 4.78 is 5.38. The Labute approximate surface area is 119 Å². The van der Waals surface area contributed by atoms with Gasteiger partial charge in [0.1, 0.15) is 0 Å². The second-order valence-electron chi connectivity index (χ2n) is 6.42. The van der Waals surface area contributed by atoms with E-state index in [0.717, 1.165) is 19.3 Å². The van der Waals surface area contributed by atoms with Crippen molar-refractivity contribution in [3.63, 3.8) is 0 Å². The number of rotatable bonds is 3. The number of morpholine rings is 1. The minimum absolute atomic E-state index is 0.0568. The van der Waals surface area contributed by atoms with E-state index in [9.17, 15) is 9.59 Å². The fourth-order valence-electron chi connectivity index (χ4n) is 3.06. The second kappa shape index (κ2) is 5.99. The Balaban J connectivity index is 1.87. The summed E-state index contributed by atoms with van der Waals surface area (Å²) >= 11 is 0. The van der Waals surface area contributed by atoms with Gasteiger partial charge in [0, 0.05) is 19.1 Å². The maximum atomic E-state index is 12.3. The molecule has 1 heterocycles. The molecular formula is C14H24N2O4. The number of carboxylic acid groups (broad SMARTS) is 1. The molecule has 2 unspecified atom stereocenters. The number of carbonyl (C=O) groups excluding carboxylic acids is 1. The van der Waals surface area contributed by atoms with E-state index >= 15 is 0 Å². The molecule has 2 amide bonds. The predicted molar refractivity (Wildman–Crippen MR) is 73.5 cm³/mol. The van der Waals surface area contributed by atoms with Crippen molar-refractivity contribution in [3.8, 4) is 0 Å². The van der Waals surface area contributed by atoms with Gasteiger partial charge in [-0.05, 0) is 18.3 Å². The molecular weight excluding hydrogens is 260 g/mol. The predicted octanol–water partition coefficient (Wildman–Crippen LogP) is 1.45. The van der Waals surface area contributed by atoms with Crippen LogP contribution < -0.4 is 5.32 Å². The maximum Gasteiger partial charge on any atom is 0.317 e. The van der Waals surface area contributed by atoms with E-state index in [4.69, 9.17) is 9.84 Å². The highest BCUT2D eigenvalue weighted by Crippen LogP contribution is 2.37. The number of amides is 2. The number of aliphatic carboxylic acids is 1. The van der Waals surface area contributed by atoms with Crippen molar-refractivity contribution in [1.82, 2.24) is 10.2 Å². The summed E-state index contributed by atoms with van der Waals surface area (Å²) in [6.07, 6.45) is 2.83. The molecule has 0 bridgehead atoms. The highest BCUT2D eigenvalue weighted by Gasteiger charge is 2.36. The first-order valence-electron chi connectivity index (χ1n) is 7.27. The van der Waals surface area contributed by atoms with Gasteiger partial charge in [0.2, 0.25) is 0 Å². The van der Waals surface area contributed by atoms with E-state index in [1.807, 2.05) is 0 Å². The van der Waals surface area contributed by atoms with Crippen LogP contribution in [0.25, 0.3) is 0 Å². The van der Waals surface area contributed by atoms with Crippen LogP contribution in [0, 0.1) is 5.41 Å². The standard InChI is InChI=1S/C14H24N2O4/c1-14(2)5-3-4-11(14)15-13(19)16-6-7-20-10(9-16)8-12(17)18/h10-11H,3-9H2,1-2H3,(H,15,19)(H,17,18). The highest BCUT2D eigenvalue weighted by molar-refractivity contribution is 5.75. The van der Waals surface area contributed by atoms with Crippen LogP contribution in [0.15, 0.2) is 0 Å². The molecule has 0 aromatic heterocycles. The van der Waals surface area contributed by atoms with Crippen molar-refractivity contribution < 1.29 is 19.4 Å². The molecule has 6 nitrogen and oxygen atoms in total. The number of hydrogen-bond donors (Lipinski definition) is 2. The smallest absolute Gasteiger partial charge is 0.317 e. The average Bonchev–Trinajstić information content (AvgIpc) is 2.68. The van der Waals surface area contributed by atoms with Gasteiger partial charge in [-0.3, -0.25) is 4.79 Å². The van der Waals surface area contributed by atoms with E-state index in [0.29, 0.717) is 19.7 Å². The summed E-state index contributed by atoms with van der Waals surface area (Å²) in [5.41, 5.74) is 0.141. The lowest BCUT2D eigenvalue weighted by molar-refractivity contribution is -0.141. The summed E-state index contributed by atoms with van der Waals surface area (Å²) in [5, 5.41) is 11.9. The first-order valence-corrected chi connectivity index (χ1v) is 7.27. The number of urea groups is 1. The SMILES string of the molecule is CC1(C)CCCC1NC(=O)N1CCOC(CC(=O)O)C1. The van der Waals surface area contributed by atoms with Gasteiger partial charge >= 0.3 is 12.0 Å². The first kappa shape index (κ1) is 15.1. The molecule has 0 radical (unpaired) electrons. The quantitative estimate of drug-likeness (QED) is 0.822. The van der Waals surface area contributed by atoms with Gasteiger partial charge in [0.05, 0.1) is 19.1 Å². The maximum absolute atomic E-state index is 12.3. The Morgan fingerprint density at radius 3 is 2.80 bits per heavy atom. The summed E-state index contributed by atoms with van der Waals surface area (Å²) in [4.78, 5) is 24.7. The summed E-state index contributed by atoms with van der Waals surface area (Å²) in [6, 6.07) is 0.111. The van der Waals surface area contributed by atoms with Crippen molar-refractivity contribution >= 4 is 12.0 Å².